The van der Waals surface area contributed by atoms with Gasteiger partial charge < -0.3 is 5.32 Å². The van der Waals surface area contributed by atoms with Gasteiger partial charge >= 0.3 is 0 Å². The molecule has 27 heavy (non-hydrogen) atoms. The second-order valence-corrected chi connectivity index (χ2v) is 8.83. The zero-order valence-electron chi connectivity index (χ0n) is 14.3. The molecule has 0 radical (unpaired) electrons. The van der Waals surface area contributed by atoms with Crippen LogP contribution in [0.25, 0.3) is 10.6 Å². The lowest BCUT2D eigenvalue weighted by Gasteiger charge is -2.17. The Bertz CT molecular complexity index is 1090. The minimum atomic E-state index is -3.66. The van der Waals surface area contributed by atoms with Crippen LogP contribution in [-0.2, 0) is 27.8 Å². The third-order valence-electron chi connectivity index (χ3n) is 4.30. The molecule has 0 saturated carbocycles. The number of nitrogens with zero attached hydrogens (tertiary/aromatic N) is 1. The molecule has 6 nitrogen and oxygen atoms in total. The zero-order chi connectivity index (χ0) is 18.9. The first-order valence-corrected chi connectivity index (χ1v) is 10.8. The monoisotopic (exact) mass is 399 g/mol. The van der Waals surface area contributed by atoms with Gasteiger partial charge in [-0.05, 0) is 30.2 Å². The number of carbonyl (C=O) groups excluding carboxylic acids is 1. The summed E-state index contributed by atoms with van der Waals surface area (Å²) in [7, 11) is -3.66. The lowest BCUT2D eigenvalue weighted by Crippen LogP contribution is -2.24. The van der Waals surface area contributed by atoms with E-state index in [-0.39, 0.29) is 17.3 Å². The van der Waals surface area contributed by atoms with Gasteiger partial charge in [0.25, 0.3) is 0 Å². The van der Waals surface area contributed by atoms with Crippen LogP contribution >= 0.6 is 11.3 Å². The summed E-state index contributed by atoms with van der Waals surface area (Å²) in [6.07, 6.45) is 0.905. The van der Waals surface area contributed by atoms with Gasteiger partial charge in [-0.2, -0.15) is 0 Å². The van der Waals surface area contributed by atoms with E-state index in [0.29, 0.717) is 24.2 Å². The highest BCUT2D eigenvalue weighted by Crippen LogP contribution is 2.26. The summed E-state index contributed by atoms with van der Waals surface area (Å²) >= 11 is 1.48. The van der Waals surface area contributed by atoms with E-state index in [4.69, 9.17) is 0 Å². The van der Waals surface area contributed by atoms with Crippen LogP contribution in [0.1, 0.15) is 17.7 Å². The second-order valence-electron chi connectivity index (χ2n) is 6.20. The molecule has 1 aliphatic heterocycles. The highest BCUT2D eigenvalue weighted by atomic mass is 32.2. The first-order chi connectivity index (χ1) is 13.0. The van der Waals surface area contributed by atoms with Crippen molar-refractivity contribution < 1.29 is 13.2 Å². The molecule has 0 unspecified atom stereocenters. The first kappa shape index (κ1) is 17.8. The van der Waals surface area contributed by atoms with E-state index in [2.05, 4.69) is 15.0 Å². The highest BCUT2D eigenvalue weighted by molar-refractivity contribution is 7.89. The third kappa shape index (κ3) is 3.92. The summed E-state index contributed by atoms with van der Waals surface area (Å²) in [5, 5.41) is 5.46. The van der Waals surface area contributed by atoms with Gasteiger partial charge in [-0.3, -0.25) is 4.79 Å². The minimum absolute atomic E-state index is 0.0472. The normalized spacial score (nSPS) is 13.9. The number of aryl methyl sites for hydroxylation is 1. The smallest absolute Gasteiger partial charge is 0.240 e. The molecular formula is C19H17N3O3S2. The van der Waals surface area contributed by atoms with Crippen LogP contribution in [0.5, 0.6) is 0 Å². The second kappa shape index (κ2) is 7.22. The number of rotatable bonds is 5. The van der Waals surface area contributed by atoms with Crippen LogP contribution in [0.3, 0.4) is 0 Å². The Morgan fingerprint density at radius 2 is 1.93 bits per heavy atom. The Labute approximate surface area is 161 Å². The number of hydrogen-bond donors (Lipinski definition) is 2. The number of aromatic nitrogens is 1. The number of benzene rings is 2. The number of hydrogen-bond acceptors (Lipinski definition) is 5. The highest BCUT2D eigenvalue weighted by Gasteiger charge is 2.20. The SMILES string of the molecule is O=C1CCc2cc(S(=O)(=O)NCc3csc(-c4ccccc4)n3)ccc2N1. The van der Waals surface area contributed by atoms with Crippen molar-refractivity contribution in [3.8, 4) is 10.6 Å². The summed E-state index contributed by atoms with van der Waals surface area (Å²) in [6, 6.07) is 14.5. The molecular weight excluding hydrogens is 382 g/mol. The Morgan fingerprint density at radius 1 is 1.11 bits per heavy atom. The maximum absolute atomic E-state index is 12.6. The molecule has 0 saturated heterocycles. The quantitative estimate of drug-likeness (QED) is 0.690. The Morgan fingerprint density at radius 3 is 2.74 bits per heavy atom. The van der Waals surface area contributed by atoms with Gasteiger partial charge in [0.1, 0.15) is 5.01 Å². The minimum Gasteiger partial charge on any atom is -0.326 e. The Balaban J connectivity index is 1.48. The predicted octanol–water partition coefficient (Wildman–Crippen LogP) is 3.17. The van der Waals surface area contributed by atoms with Crippen molar-refractivity contribution in [2.24, 2.45) is 0 Å². The summed E-state index contributed by atoms with van der Waals surface area (Å²) in [5.74, 6) is -0.0472. The molecule has 4 rings (SSSR count). The van der Waals surface area contributed by atoms with Gasteiger partial charge in [0, 0.05) is 23.1 Å². The molecule has 0 atom stereocenters. The number of anilines is 1. The van der Waals surface area contributed by atoms with Crippen LogP contribution in [0, 0.1) is 0 Å². The van der Waals surface area contributed by atoms with Crippen LogP contribution in [0.4, 0.5) is 5.69 Å². The number of fused-ring (bicyclic) bond motifs is 1. The van der Waals surface area contributed by atoms with E-state index in [9.17, 15) is 13.2 Å². The molecule has 2 aromatic carbocycles. The molecule has 1 aliphatic rings. The maximum atomic E-state index is 12.6. The Kier molecular flexibility index (Phi) is 4.77. The van der Waals surface area contributed by atoms with E-state index in [1.807, 2.05) is 35.7 Å². The van der Waals surface area contributed by atoms with Crippen molar-refractivity contribution in [3.63, 3.8) is 0 Å². The molecule has 2 heterocycles. The summed E-state index contributed by atoms with van der Waals surface area (Å²) in [6.45, 7) is 0.124. The lowest BCUT2D eigenvalue weighted by molar-refractivity contribution is -0.116. The van der Waals surface area contributed by atoms with Crippen LogP contribution in [-0.4, -0.2) is 19.3 Å². The standard InChI is InChI=1S/C19H17N3O3S2/c23-18-9-6-14-10-16(7-8-17(14)22-18)27(24,25)20-11-15-12-26-19(21-15)13-4-2-1-3-5-13/h1-5,7-8,10,12,20H,6,9,11H2,(H,22,23). The first-order valence-electron chi connectivity index (χ1n) is 8.43. The fraction of sp³-hybridized carbons (Fsp3) is 0.158. The van der Waals surface area contributed by atoms with E-state index >= 15 is 0 Å². The molecule has 138 valence electrons. The molecule has 0 bridgehead atoms. The summed E-state index contributed by atoms with van der Waals surface area (Å²) < 4.78 is 27.8. The average Bonchev–Trinajstić information content (AvgIpc) is 3.16. The zero-order valence-corrected chi connectivity index (χ0v) is 15.9. The number of carbonyl (C=O) groups is 1. The number of amides is 1. The van der Waals surface area contributed by atoms with Gasteiger partial charge in [0.05, 0.1) is 17.1 Å². The van der Waals surface area contributed by atoms with Gasteiger partial charge in [0.2, 0.25) is 15.9 Å². The molecule has 0 aliphatic carbocycles. The van der Waals surface area contributed by atoms with Crippen molar-refractivity contribution >= 4 is 33.0 Å². The van der Waals surface area contributed by atoms with E-state index in [0.717, 1.165) is 16.1 Å². The Hall–Kier alpha value is -2.55. The largest absolute Gasteiger partial charge is 0.326 e. The van der Waals surface area contributed by atoms with Crippen molar-refractivity contribution in [2.75, 3.05) is 5.32 Å². The topological polar surface area (TPSA) is 88.2 Å². The average molecular weight is 399 g/mol. The maximum Gasteiger partial charge on any atom is 0.240 e. The van der Waals surface area contributed by atoms with Gasteiger partial charge in [-0.1, -0.05) is 30.3 Å². The van der Waals surface area contributed by atoms with Gasteiger partial charge in [-0.15, -0.1) is 11.3 Å². The van der Waals surface area contributed by atoms with Crippen LogP contribution in [0.2, 0.25) is 0 Å². The van der Waals surface area contributed by atoms with Gasteiger partial charge in [-0.25, -0.2) is 18.1 Å². The summed E-state index contributed by atoms with van der Waals surface area (Å²) in [5.41, 5.74) is 3.19. The van der Waals surface area contributed by atoms with Crippen molar-refractivity contribution in [2.45, 2.75) is 24.3 Å². The summed E-state index contributed by atoms with van der Waals surface area (Å²) in [4.78, 5) is 16.1. The molecule has 3 aromatic rings. The predicted molar refractivity (Wildman–Crippen MR) is 105 cm³/mol. The van der Waals surface area contributed by atoms with Crippen LogP contribution < -0.4 is 10.0 Å². The molecule has 8 heteroatoms. The molecule has 0 fully saturated rings. The fourth-order valence-corrected chi connectivity index (χ4v) is 4.76. The van der Waals surface area contributed by atoms with E-state index in [1.54, 1.807) is 12.1 Å². The van der Waals surface area contributed by atoms with Crippen molar-refractivity contribution in [3.05, 3.63) is 65.2 Å². The van der Waals surface area contributed by atoms with E-state index < -0.39 is 10.0 Å². The number of nitrogens with one attached hydrogen (secondary N) is 2. The van der Waals surface area contributed by atoms with Crippen LogP contribution in [0.15, 0.2) is 58.8 Å². The molecule has 2 N–H and O–H groups in total. The number of thiazole rings is 1. The third-order valence-corrected chi connectivity index (χ3v) is 6.64. The number of sulfonamides is 1. The molecule has 1 aromatic heterocycles. The van der Waals surface area contributed by atoms with Crippen molar-refractivity contribution in [1.82, 2.24) is 9.71 Å². The fourth-order valence-electron chi connectivity index (χ4n) is 2.88. The van der Waals surface area contributed by atoms with Crippen molar-refractivity contribution in [1.29, 1.82) is 0 Å². The molecule has 1 amide bonds. The van der Waals surface area contributed by atoms with E-state index in [1.165, 1.54) is 17.4 Å². The lowest BCUT2D eigenvalue weighted by atomic mass is 10.0. The van der Waals surface area contributed by atoms with Gasteiger partial charge in [0.15, 0.2) is 0 Å². The molecule has 0 spiro atoms.